The Morgan fingerprint density at radius 3 is 2.65 bits per heavy atom. The number of benzene rings is 2. The number of nitro benzene ring substituents is 1. The van der Waals surface area contributed by atoms with Gasteiger partial charge in [0.25, 0.3) is 5.69 Å². The molecule has 120 valence electrons. The Bertz CT molecular complexity index is 789. The summed E-state index contributed by atoms with van der Waals surface area (Å²) in [5.74, 6) is 0.507. The summed E-state index contributed by atoms with van der Waals surface area (Å²) in [6.07, 6.45) is 0. The summed E-state index contributed by atoms with van der Waals surface area (Å²) in [4.78, 5) is 12.7. The zero-order chi connectivity index (χ0) is 16.8. The summed E-state index contributed by atoms with van der Waals surface area (Å²) in [6.45, 7) is 6.49. The van der Waals surface area contributed by atoms with E-state index in [0.29, 0.717) is 17.3 Å². The lowest BCUT2D eigenvalue weighted by molar-refractivity contribution is -0.385. The van der Waals surface area contributed by atoms with E-state index in [4.69, 9.17) is 16.3 Å². The average molecular weight is 333 g/mol. The van der Waals surface area contributed by atoms with Gasteiger partial charge in [-0.25, -0.2) is 0 Å². The van der Waals surface area contributed by atoms with E-state index in [-0.39, 0.29) is 5.69 Å². The van der Waals surface area contributed by atoms with Crippen LogP contribution in [0.5, 0.6) is 5.75 Å². The molecule has 0 spiro atoms. The van der Waals surface area contributed by atoms with Crippen molar-refractivity contribution in [1.29, 1.82) is 0 Å². The number of aryl methyl sites for hydroxylation is 1. The van der Waals surface area contributed by atoms with Crippen molar-refractivity contribution in [2.24, 2.45) is 0 Å². The highest BCUT2D eigenvalue weighted by Crippen LogP contribution is 2.43. The van der Waals surface area contributed by atoms with Crippen molar-refractivity contribution in [2.45, 2.75) is 26.4 Å². The molecule has 0 aromatic heterocycles. The molecule has 6 heteroatoms. The summed E-state index contributed by atoms with van der Waals surface area (Å²) < 4.78 is 5.94. The van der Waals surface area contributed by atoms with Crippen LogP contribution in [-0.4, -0.2) is 17.1 Å². The number of nitro groups is 1. The van der Waals surface area contributed by atoms with Gasteiger partial charge in [-0.15, -0.1) is 0 Å². The predicted octanol–water partition coefficient (Wildman–Crippen LogP) is 4.87. The van der Waals surface area contributed by atoms with Crippen LogP contribution in [0.15, 0.2) is 36.4 Å². The molecule has 0 atom stereocenters. The first-order chi connectivity index (χ1) is 10.8. The first-order valence-electron chi connectivity index (χ1n) is 7.28. The minimum Gasteiger partial charge on any atom is -0.484 e. The van der Waals surface area contributed by atoms with Crippen LogP contribution in [-0.2, 0) is 0 Å². The number of hydrogen-bond acceptors (Lipinski definition) is 4. The van der Waals surface area contributed by atoms with Gasteiger partial charge in [0, 0.05) is 16.8 Å². The molecule has 2 aromatic carbocycles. The van der Waals surface area contributed by atoms with Crippen LogP contribution in [0.25, 0.3) is 0 Å². The van der Waals surface area contributed by atoms with E-state index in [0.717, 1.165) is 16.9 Å². The smallest absolute Gasteiger partial charge is 0.273 e. The number of fused-ring (bicyclic) bond motifs is 1. The van der Waals surface area contributed by atoms with Gasteiger partial charge in [0.15, 0.2) is 5.75 Å². The highest BCUT2D eigenvalue weighted by Gasteiger charge is 2.33. The minimum atomic E-state index is -0.473. The Balaban J connectivity index is 2.12. The van der Waals surface area contributed by atoms with Crippen LogP contribution in [0.1, 0.15) is 19.4 Å². The summed E-state index contributed by atoms with van der Waals surface area (Å²) in [7, 11) is 0. The number of non-ortho nitro benzene ring substituents is 1. The molecule has 1 heterocycles. The molecule has 23 heavy (non-hydrogen) atoms. The molecule has 5 nitrogen and oxygen atoms in total. The van der Waals surface area contributed by atoms with E-state index in [1.807, 2.05) is 39.0 Å². The van der Waals surface area contributed by atoms with Crippen LogP contribution in [0.4, 0.5) is 17.1 Å². The van der Waals surface area contributed by atoms with Gasteiger partial charge in [-0.05, 0) is 44.5 Å². The van der Waals surface area contributed by atoms with E-state index in [1.165, 1.54) is 12.1 Å². The fourth-order valence-electron chi connectivity index (χ4n) is 2.70. The van der Waals surface area contributed by atoms with Gasteiger partial charge in [0.2, 0.25) is 0 Å². The fourth-order valence-corrected chi connectivity index (χ4v) is 2.87. The molecular weight excluding hydrogens is 316 g/mol. The highest BCUT2D eigenvalue weighted by molar-refractivity contribution is 6.31. The maximum absolute atomic E-state index is 11.0. The maximum atomic E-state index is 11.0. The summed E-state index contributed by atoms with van der Waals surface area (Å²) in [5, 5.41) is 11.7. The first-order valence-corrected chi connectivity index (χ1v) is 7.66. The van der Waals surface area contributed by atoms with E-state index >= 15 is 0 Å². The van der Waals surface area contributed by atoms with Crippen molar-refractivity contribution >= 4 is 28.7 Å². The van der Waals surface area contributed by atoms with E-state index in [9.17, 15) is 10.1 Å². The van der Waals surface area contributed by atoms with Crippen LogP contribution >= 0.6 is 11.6 Å². The Morgan fingerprint density at radius 1 is 1.26 bits per heavy atom. The fraction of sp³-hybridized carbons (Fsp3) is 0.294. The van der Waals surface area contributed by atoms with Crippen molar-refractivity contribution in [2.75, 3.05) is 11.4 Å². The molecule has 0 aliphatic carbocycles. The molecule has 0 saturated carbocycles. The number of rotatable bonds is 2. The molecule has 0 N–H and O–H groups in total. The zero-order valence-corrected chi connectivity index (χ0v) is 13.9. The van der Waals surface area contributed by atoms with E-state index < -0.39 is 10.5 Å². The predicted molar refractivity (Wildman–Crippen MR) is 91.0 cm³/mol. The third-order valence-corrected chi connectivity index (χ3v) is 4.24. The van der Waals surface area contributed by atoms with Crippen molar-refractivity contribution in [1.82, 2.24) is 0 Å². The summed E-state index contributed by atoms with van der Waals surface area (Å²) >= 11 is 6.25. The molecule has 0 bridgehead atoms. The third kappa shape index (κ3) is 2.97. The minimum absolute atomic E-state index is 0.0170. The quantitative estimate of drug-likeness (QED) is 0.581. The second-order valence-electron chi connectivity index (χ2n) is 6.29. The number of nitrogens with zero attached hydrogens (tertiary/aromatic N) is 2. The Morgan fingerprint density at radius 2 is 2.00 bits per heavy atom. The lowest BCUT2D eigenvalue weighted by Crippen LogP contribution is -2.44. The van der Waals surface area contributed by atoms with Gasteiger partial charge in [0.05, 0.1) is 23.2 Å². The molecule has 0 radical (unpaired) electrons. The van der Waals surface area contributed by atoms with Crippen molar-refractivity contribution in [3.05, 3.63) is 57.1 Å². The van der Waals surface area contributed by atoms with Crippen LogP contribution in [0, 0.1) is 17.0 Å². The van der Waals surface area contributed by atoms with Gasteiger partial charge in [-0.2, -0.15) is 0 Å². The maximum Gasteiger partial charge on any atom is 0.273 e. The summed E-state index contributed by atoms with van der Waals surface area (Å²) in [5.41, 5.74) is 2.29. The summed E-state index contributed by atoms with van der Waals surface area (Å²) in [6, 6.07) is 10.5. The van der Waals surface area contributed by atoms with Gasteiger partial charge in [-0.1, -0.05) is 17.7 Å². The Kier molecular flexibility index (Phi) is 3.68. The van der Waals surface area contributed by atoms with Crippen LogP contribution in [0.3, 0.4) is 0 Å². The largest absolute Gasteiger partial charge is 0.484 e. The molecule has 3 rings (SSSR count). The SMILES string of the molecule is Cc1ccc(N2CC(C)(C)Oc3cc([N+](=O)[O-])ccc32)cc1Cl. The average Bonchev–Trinajstić information content (AvgIpc) is 2.47. The van der Waals surface area contributed by atoms with Crippen LogP contribution in [0.2, 0.25) is 5.02 Å². The van der Waals surface area contributed by atoms with E-state index in [1.54, 1.807) is 6.07 Å². The van der Waals surface area contributed by atoms with Crippen molar-refractivity contribution < 1.29 is 9.66 Å². The lowest BCUT2D eigenvalue weighted by atomic mass is 10.0. The molecule has 1 aliphatic heterocycles. The Hall–Kier alpha value is -2.27. The zero-order valence-electron chi connectivity index (χ0n) is 13.2. The molecule has 2 aromatic rings. The number of anilines is 2. The second kappa shape index (κ2) is 5.42. The number of ether oxygens (including phenoxy) is 1. The standard InChI is InChI=1S/C17H17ClN2O3/c1-11-4-5-12(8-14(11)18)19-10-17(2,3)23-16-9-13(20(21)22)6-7-15(16)19/h4-9H,10H2,1-3H3. The molecule has 0 unspecified atom stereocenters. The number of hydrogen-bond donors (Lipinski definition) is 0. The lowest BCUT2D eigenvalue weighted by Gasteiger charge is -2.40. The third-order valence-electron chi connectivity index (χ3n) is 3.84. The second-order valence-corrected chi connectivity index (χ2v) is 6.70. The molecule has 0 fully saturated rings. The topological polar surface area (TPSA) is 55.6 Å². The molecule has 0 amide bonds. The van der Waals surface area contributed by atoms with Gasteiger partial charge < -0.3 is 9.64 Å². The van der Waals surface area contributed by atoms with Gasteiger partial charge in [-0.3, -0.25) is 10.1 Å². The highest BCUT2D eigenvalue weighted by atomic mass is 35.5. The normalized spacial score (nSPS) is 15.7. The monoisotopic (exact) mass is 332 g/mol. The van der Waals surface area contributed by atoms with Crippen LogP contribution < -0.4 is 9.64 Å². The van der Waals surface area contributed by atoms with E-state index in [2.05, 4.69) is 4.90 Å². The molecule has 1 aliphatic rings. The molecule has 0 saturated heterocycles. The number of halogens is 1. The molecular formula is C17H17ClN2O3. The first kappa shape index (κ1) is 15.6. The van der Waals surface area contributed by atoms with Crippen molar-refractivity contribution in [3.63, 3.8) is 0 Å². The Labute approximate surface area is 139 Å². The van der Waals surface area contributed by atoms with Gasteiger partial charge >= 0.3 is 0 Å². The van der Waals surface area contributed by atoms with Gasteiger partial charge in [0.1, 0.15) is 5.60 Å². The van der Waals surface area contributed by atoms with Crippen molar-refractivity contribution in [3.8, 4) is 5.75 Å².